The van der Waals surface area contributed by atoms with Gasteiger partial charge in [-0.2, -0.15) is 0 Å². The van der Waals surface area contributed by atoms with E-state index >= 15 is 0 Å². The molecule has 0 bridgehead atoms. The molecule has 0 aliphatic carbocycles. The average Bonchev–Trinajstić information content (AvgIpc) is 2.23. The number of aromatic hydroxyl groups is 1. The molecule has 0 heterocycles. The van der Waals surface area contributed by atoms with E-state index in [2.05, 4.69) is 0 Å². The Morgan fingerprint density at radius 1 is 0.800 bits per heavy atom. The van der Waals surface area contributed by atoms with Crippen molar-refractivity contribution < 1.29 is 36.0 Å². The van der Waals surface area contributed by atoms with Crippen LogP contribution in [0.2, 0.25) is 0 Å². The Morgan fingerprint density at radius 3 is 2.07 bits per heavy atom. The van der Waals surface area contributed by atoms with Crippen LogP contribution in [0.1, 0.15) is 0 Å². The van der Waals surface area contributed by atoms with E-state index in [1.54, 1.807) is 18.2 Å². The minimum Gasteiger partial charge on any atom is -0.504 e. The minimum absolute atomic E-state index is 0. The quantitative estimate of drug-likeness (QED) is 0.913. The van der Waals surface area contributed by atoms with Crippen molar-refractivity contribution in [3.05, 3.63) is 54.6 Å². The molecule has 2 aromatic carbocycles. The summed E-state index contributed by atoms with van der Waals surface area (Å²) >= 11 is 0. The smallest absolute Gasteiger partial charge is 0.169 e. The van der Waals surface area contributed by atoms with Gasteiger partial charge in [0.2, 0.25) is 0 Å². The van der Waals surface area contributed by atoms with Crippen LogP contribution in [0.4, 0.5) is 0 Å². The van der Waals surface area contributed by atoms with E-state index in [9.17, 15) is 5.11 Å². The molecule has 0 atom stereocenters. The summed E-state index contributed by atoms with van der Waals surface area (Å²) in [7, 11) is 0. The summed E-state index contributed by atoms with van der Waals surface area (Å²) in [6.07, 6.45) is 0. The summed E-state index contributed by atoms with van der Waals surface area (Å²) in [4.78, 5) is 0. The van der Waals surface area contributed by atoms with Crippen LogP contribution in [-0.2, 0) is 26.2 Å². The Kier molecular flexibility index (Phi) is 4.57. The second-order valence-corrected chi connectivity index (χ2v) is 2.88. The van der Waals surface area contributed by atoms with E-state index < -0.39 is 0 Å². The van der Waals surface area contributed by atoms with Crippen molar-refractivity contribution in [2.75, 3.05) is 0 Å². The molecule has 3 heteroatoms. The standard InChI is InChI=1S/C12H10O2.Zr/c13-11-8-4-5-9-12(11)14-10-6-2-1-3-7-10;/h1-9,13H;. The van der Waals surface area contributed by atoms with E-state index in [1.165, 1.54) is 0 Å². The maximum Gasteiger partial charge on any atom is 0.169 e. The molecule has 0 saturated heterocycles. The zero-order valence-corrected chi connectivity index (χ0v) is 10.5. The van der Waals surface area contributed by atoms with Crippen molar-refractivity contribution in [2.45, 2.75) is 0 Å². The summed E-state index contributed by atoms with van der Waals surface area (Å²) in [5, 5.41) is 9.45. The first-order valence-corrected chi connectivity index (χ1v) is 4.37. The number of rotatable bonds is 2. The Balaban J connectivity index is 0.00000112. The Bertz CT molecular complexity index is 415. The van der Waals surface area contributed by atoms with Crippen molar-refractivity contribution in [3.63, 3.8) is 0 Å². The van der Waals surface area contributed by atoms with Crippen LogP contribution in [-0.4, -0.2) is 5.11 Å². The van der Waals surface area contributed by atoms with Gasteiger partial charge < -0.3 is 9.84 Å². The molecule has 0 radical (unpaired) electrons. The van der Waals surface area contributed by atoms with E-state index in [4.69, 9.17) is 4.74 Å². The monoisotopic (exact) mass is 276 g/mol. The molecule has 0 aliphatic rings. The van der Waals surface area contributed by atoms with Crippen LogP contribution >= 0.6 is 0 Å². The van der Waals surface area contributed by atoms with Crippen molar-refractivity contribution in [3.8, 4) is 17.2 Å². The van der Waals surface area contributed by atoms with Gasteiger partial charge in [0.25, 0.3) is 0 Å². The molecule has 0 saturated carbocycles. The molecule has 2 nitrogen and oxygen atoms in total. The predicted octanol–water partition coefficient (Wildman–Crippen LogP) is 3.18. The Morgan fingerprint density at radius 2 is 1.40 bits per heavy atom. The van der Waals surface area contributed by atoms with Gasteiger partial charge in [0, 0.05) is 26.2 Å². The van der Waals surface area contributed by atoms with Crippen LogP contribution in [0.15, 0.2) is 54.6 Å². The van der Waals surface area contributed by atoms with Gasteiger partial charge in [-0.05, 0) is 24.3 Å². The van der Waals surface area contributed by atoms with Gasteiger partial charge in [-0.25, -0.2) is 0 Å². The van der Waals surface area contributed by atoms with Crippen molar-refractivity contribution in [1.29, 1.82) is 0 Å². The molecule has 0 fully saturated rings. The van der Waals surface area contributed by atoms with Gasteiger partial charge in [0.15, 0.2) is 11.5 Å². The topological polar surface area (TPSA) is 29.5 Å². The molecule has 15 heavy (non-hydrogen) atoms. The largest absolute Gasteiger partial charge is 0.504 e. The summed E-state index contributed by atoms with van der Waals surface area (Å²) in [6, 6.07) is 16.3. The fourth-order valence-corrected chi connectivity index (χ4v) is 1.16. The molecule has 2 aromatic rings. The first-order chi connectivity index (χ1) is 6.86. The Labute approximate surface area is 108 Å². The molecule has 0 aliphatic heterocycles. The number of benzene rings is 2. The van der Waals surface area contributed by atoms with Gasteiger partial charge in [-0.1, -0.05) is 30.3 Å². The maximum atomic E-state index is 9.45. The average molecular weight is 277 g/mol. The number of phenols is 1. The SMILES string of the molecule is Oc1ccccc1Oc1ccccc1.[Zr]. The van der Waals surface area contributed by atoms with Gasteiger partial charge in [-0.15, -0.1) is 0 Å². The number of hydrogen-bond acceptors (Lipinski definition) is 2. The van der Waals surface area contributed by atoms with E-state index in [0.29, 0.717) is 11.5 Å². The van der Waals surface area contributed by atoms with Crippen LogP contribution < -0.4 is 4.74 Å². The van der Waals surface area contributed by atoms with Crippen LogP contribution in [0.25, 0.3) is 0 Å². The van der Waals surface area contributed by atoms with Crippen LogP contribution in [0.3, 0.4) is 0 Å². The molecule has 0 unspecified atom stereocenters. The zero-order valence-electron chi connectivity index (χ0n) is 8.05. The van der Waals surface area contributed by atoms with Crippen LogP contribution in [0.5, 0.6) is 17.2 Å². The molecular weight excluding hydrogens is 267 g/mol. The molecular formula is C12H10O2Zr. The molecule has 0 amide bonds. The Hall–Kier alpha value is -1.08. The first kappa shape index (κ1) is 12.0. The fourth-order valence-electron chi connectivity index (χ4n) is 1.16. The van der Waals surface area contributed by atoms with Crippen molar-refractivity contribution in [2.24, 2.45) is 0 Å². The zero-order chi connectivity index (χ0) is 9.80. The third-order valence-electron chi connectivity index (χ3n) is 1.84. The van der Waals surface area contributed by atoms with Crippen molar-refractivity contribution >= 4 is 0 Å². The third-order valence-corrected chi connectivity index (χ3v) is 1.84. The second kappa shape index (κ2) is 5.72. The maximum absolute atomic E-state index is 9.45. The number of ether oxygens (including phenoxy) is 1. The van der Waals surface area contributed by atoms with Gasteiger partial charge in [0.05, 0.1) is 0 Å². The third kappa shape index (κ3) is 3.21. The second-order valence-electron chi connectivity index (χ2n) is 2.88. The summed E-state index contributed by atoms with van der Waals surface area (Å²) in [6.45, 7) is 0. The first-order valence-electron chi connectivity index (χ1n) is 4.37. The molecule has 74 valence electrons. The summed E-state index contributed by atoms with van der Waals surface area (Å²) in [5.74, 6) is 1.34. The summed E-state index contributed by atoms with van der Waals surface area (Å²) < 4.78 is 5.46. The molecule has 2 rings (SSSR count). The van der Waals surface area contributed by atoms with Crippen molar-refractivity contribution in [1.82, 2.24) is 0 Å². The number of phenolic OH excluding ortho intramolecular Hbond substituents is 1. The van der Waals surface area contributed by atoms with Gasteiger partial charge >= 0.3 is 0 Å². The molecule has 0 aromatic heterocycles. The van der Waals surface area contributed by atoms with Gasteiger partial charge in [-0.3, -0.25) is 0 Å². The number of para-hydroxylation sites is 3. The van der Waals surface area contributed by atoms with E-state index in [-0.39, 0.29) is 32.0 Å². The normalized spacial score (nSPS) is 9.07. The fraction of sp³-hybridized carbons (Fsp3) is 0. The van der Waals surface area contributed by atoms with Crippen LogP contribution in [0, 0.1) is 0 Å². The molecule has 1 N–H and O–H groups in total. The number of hydrogen-bond donors (Lipinski definition) is 1. The predicted molar refractivity (Wildman–Crippen MR) is 54.6 cm³/mol. The minimum atomic E-state index is 0. The molecule has 0 spiro atoms. The summed E-state index contributed by atoms with van der Waals surface area (Å²) in [5.41, 5.74) is 0. The van der Waals surface area contributed by atoms with E-state index in [1.807, 2.05) is 36.4 Å². The van der Waals surface area contributed by atoms with E-state index in [0.717, 1.165) is 0 Å². The van der Waals surface area contributed by atoms with Gasteiger partial charge in [0.1, 0.15) is 5.75 Å².